The summed E-state index contributed by atoms with van der Waals surface area (Å²) in [5.41, 5.74) is 0. The maximum Gasteiger partial charge on any atom is 2.00 e. The van der Waals surface area contributed by atoms with Gasteiger partial charge in [0.1, 0.15) is 12.2 Å². The van der Waals surface area contributed by atoms with Crippen molar-refractivity contribution < 1.29 is 60.0 Å². The average Bonchev–Trinajstić information content (AvgIpc) is 2.35. The van der Waals surface area contributed by atoms with Gasteiger partial charge in [0, 0.05) is 0 Å². The summed E-state index contributed by atoms with van der Waals surface area (Å²) in [7, 11) is 0. The summed E-state index contributed by atoms with van der Waals surface area (Å²) in [5.74, 6) is -7.65. The molecule has 6 N–H and O–H groups in total. The van der Waals surface area contributed by atoms with Gasteiger partial charge in [0.25, 0.3) is 0 Å². The molecule has 0 saturated carbocycles. The van der Waals surface area contributed by atoms with Gasteiger partial charge in [-0.15, -0.1) is 0 Å². The van der Waals surface area contributed by atoms with Crippen molar-refractivity contribution in [1.82, 2.24) is 0 Å². The number of aliphatic hydroxyl groups is 4. The van der Waals surface area contributed by atoms with Gasteiger partial charge in [-0.05, 0) is 0 Å². The van der Waals surface area contributed by atoms with Crippen molar-refractivity contribution in [2.45, 2.75) is 24.4 Å². The zero-order valence-electron chi connectivity index (χ0n) is 10.1. The van der Waals surface area contributed by atoms with Crippen LogP contribution in [-0.4, -0.2) is 117 Å². The molecule has 0 amide bonds. The molecule has 12 nitrogen and oxygen atoms in total. The van der Waals surface area contributed by atoms with Crippen molar-refractivity contribution in [2.75, 3.05) is 0 Å². The molecule has 0 aromatic carbocycles. The molecule has 0 aliphatic rings. The number of rotatable bonds is 6. The van der Waals surface area contributed by atoms with Crippen LogP contribution in [0.15, 0.2) is 0 Å². The monoisotopic (exact) mass is 338 g/mol. The SMILES string of the molecule is O=C(O)[C@H](O)[C@@H](O)C(=O)O.O=C([O-])[C@H](O)[C@@H](O)C(=O)[O-].[Ca+2]. The van der Waals surface area contributed by atoms with E-state index in [1.807, 2.05) is 0 Å². The standard InChI is InChI=1S/2C4H6O6.Ca/c2*5-1(3(7)8)2(6)4(9)10;/h2*1-2,5-6H,(H,7,8)(H,9,10);/q;;+2/p-2/t2*1-,2-;/m11./s1. The average molecular weight is 338 g/mol. The molecule has 0 rings (SSSR count). The Balaban J connectivity index is -0.000000295. The van der Waals surface area contributed by atoms with Crippen molar-refractivity contribution in [3.05, 3.63) is 0 Å². The first-order valence-electron chi connectivity index (χ1n) is 4.53. The molecule has 0 saturated heterocycles. The first-order valence-corrected chi connectivity index (χ1v) is 4.53. The molecule has 13 heteroatoms. The van der Waals surface area contributed by atoms with E-state index in [2.05, 4.69) is 0 Å². The number of hydrogen-bond acceptors (Lipinski definition) is 10. The molecule has 0 aromatic heterocycles. The number of carbonyl (C=O) groups is 4. The Morgan fingerprint density at radius 2 is 0.810 bits per heavy atom. The fraction of sp³-hybridized carbons (Fsp3) is 0.500. The van der Waals surface area contributed by atoms with Crippen molar-refractivity contribution in [1.29, 1.82) is 0 Å². The number of carboxylic acids is 4. The van der Waals surface area contributed by atoms with Crippen LogP contribution in [0.2, 0.25) is 0 Å². The van der Waals surface area contributed by atoms with Crippen LogP contribution in [0.4, 0.5) is 0 Å². The second kappa shape index (κ2) is 11.6. The van der Waals surface area contributed by atoms with E-state index in [9.17, 15) is 29.4 Å². The Hall–Kier alpha value is -1.02. The summed E-state index contributed by atoms with van der Waals surface area (Å²) in [5, 5.41) is 68.3. The Labute approximate surface area is 145 Å². The summed E-state index contributed by atoms with van der Waals surface area (Å²) in [6.45, 7) is 0. The van der Waals surface area contributed by atoms with Crippen LogP contribution in [0.25, 0.3) is 0 Å². The van der Waals surface area contributed by atoms with Crippen molar-refractivity contribution >= 4 is 61.6 Å². The zero-order chi connectivity index (χ0) is 16.6. The number of aliphatic hydroxyl groups excluding tert-OH is 4. The molecule has 0 spiro atoms. The van der Waals surface area contributed by atoms with Crippen molar-refractivity contribution in [3.8, 4) is 0 Å². The largest absolute Gasteiger partial charge is 2.00 e. The minimum atomic E-state index is -2.44. The maximum atomic E-state index is 9.77. The van der Waals surface area contributed by atoms with E-state index in [1.54, 1.807) is 0 Å². The molecule has 0 radical (unpaired) electrons. The zero-order valence-corrected chi connectivity index (χ0v) is 12.4. The second-order valence-corrected chi connectivity index (χ2v) is 3.09. The topological polar surface area (TPSA) is 236 Å². The molecule has 0 fully saturated rings. The maximum absolute atomic E-state index is 9.77. The second-order valence-electron chi connectivity index (χ2n) is 3.09. The Morgan fingerprint density at radius 1 is 0.619 bits per heavy atom. The van der Waals surface area contributed by atoms with Crippen molar-refractivity contribution in [3.63, 3.8) is 0 Å². The van der Waals surface area contributed by atoms with Gasteiger partial charge >= 0.3 is 49.7 Å². The van der Waals surface area contributed by atoms with Gasteiger partial charge in [-0.3, -0.25) is 0 Å². The molecule has 4 atom stereocenters. The molecule has 0 aliphatic carbocycles. The molecular formula is C8H10CaO12. The van der Waals surface area contributed by atoms with E-state index in [4.69, 9.17) is 30.6 Å². The van der Waals surface area contributed by atoms with Crippen LogP contribution >= 0.6 is 0 Å². The van der Waals surface area contributed by atoms with Crippen molar-refractivity contribution in [2.24, 2.45) is 0 Å². The smallest absolute Gasteiger partial charge is 0.547 e. The third-order valence-corrected chi connectivity index (χ3v) is 1.59. The van der Waals surface area contributed by atoms with Gasteiger partial charge in [-0.25, -0.2) is 9.59 Å². The molecule has 0 unspecified atom stereocenters. The van der Waals surface area contributed by atoms with Crippen LogP contribution in [-0.2, 0) is 19.2 Å². The van der Waals surface area contributed by atoms with E-state index in [-0.39, 0.29) is 37.7 Å². The quantitative estimate of drug-likeness (QED) is 0.248. The normalized spacial score (nSPS) is 15.0. The van der Waals surface area contributed by atoms with E-state index in [0.29, 0.717) is 0 Å². The third-order valence-electron chi connectivity index (χ3n) is 1.59. The number of aliphatic carboxylic acids is 4. The first-order chi connectivity index (χ1) is 8.93. The molecule has 0 aliphatic heterocycles. The number of carbonyl (C=O) groups excluding carboxylic acids is 2. The van der Waals surface area contributed by atoms with Gasteiger partial charge in [-0.1, -0.05) is 0 Å². The summed E-state index contributed by atoms with van der Waals surface area (Å²) in [6, 6.07) is 0. The van der Waals surface area contributed by atoms with Gasteiger partial charge < -0.3 is 50.4 Å². The fourth-order valence-corrected chi connectivity index (χ4v) is 0.528. The summed E-state index contributed by atoms with van der Waals surface area (Å²) >= 11 is 0. The minimum absolute atomic E-state index is 0. The fourth-order valence-electron chi connectivity index (χ4n) is 0.528. The summed E-state index contributed by atoms with van der Waals surface area (Å²) < 4.78 is 0. The van der Waals surface area contributed by atoms with Crippen LogP contribution in [0.3, 0.4) is 0 Å². The van der Waals surface area contributed by atoms with Crippen LogP contribution < -0.4 is 10.2 Å². The van der Waals surface area contributed by atoms with E-state index in [0.717, 1.165) is 0 Å². The predicted molar refractivity (Wildman–Crippen MR) is 55.1 cm³/mol. The van der Waals surface area contributed by atoms with Gasteiger partial charge in [0.2, 0.25) is 0 Å². The van der Waals surface area contributed by atoms with Gasteiger partial charge in [-0.2, -0.15) is 0 Å². The number of carboxylic acid groups (broad SMARTS) is 4. The first kappa shape index (κ1) is 25.0. The molecular weight excluding hydrogens is 328 g/mol. The Morgan fingerprint density at radius 3 is 0.905 bits per heavy atom. The van der Waals surface area contributed by atoms with Gasteiger partial charge in [0.15, 0.2) is 12.2 Å². The van der Waals surface area contributed by atoms with Crippen LogP contribution in [0, 0.1) is 0 Å². The molecule has 0 bridgehead atoms. The summed E-state index contributed by atoms with van der Waals surface area (Å²) in [4.78, 5) is 38.8. The van der Waals surface area contributed by atoms with Gasteiger partial charge in [0.05, 0.1) is 11.9 Å². The van der Waals surface area contributed by atoms with E-state index < -0.39 is 48.3 Å². The third kappa shape index (κ3) is 10.4. The molecule has 0 heterocycles. The van der Waals surface area contributed by atoms with E-state index in [1.165, 1.54) is 0 Å². The number of hydrogen-bond donors (Lipinski definition) is 6. The molecule has 21 heavy (non-hydrogen) atoms. The Kier molecular flexibility index (Phi) is 13.8. The van der Waals surface area contributed by atoms with Crippen LogP contribution in [0.1, 0.15) is 0 Å². The Bertz CT molecular complexity index is 309. The minimum Gasteiger partial charge on any atom is -0.547 e. The van der Waals surface area contributed by atoms with E-state index >= 15 is 0 Å². The summed E-state index contributed by atoms with van der Waals surface area (Å²) in [6.07, 6.45) is -9.41. The predicted octanol–water partition coefficient (Wildman–Crippen LogP) is -7.30. The van der Waals surface area contributed by atoms with Crippen LogP contribution in [0.5, 0.6) is 0 Å². The molecule has 116 valence electrons. The molecule has 0 aromatic rings.